The van der Waals surface area contributed by atoms with E-state index in [1.807, 2.05) is 6.07 Å². The standard InChI is InChI=1S/C28H32FN3O/c29-26-8-2-21(3-9-26)6-12-28(33)31-27-10-4-22(5-11-27)13-16-32-17-14-24-7-1-23(20-30)19-25(24)15-18-32/h1-3,6-9,12,19,22,27H,4-5,10-11,13-18H2,(H,31,33)/b12-6+. The third-order valence-corrected chi connectivity index (χ3v) is 7.07. The molecule has 1 aliphatic carbocycles. The molecule has 1 aliphatic heterocycles. The predicted molar refractivity (Wildman–Crippen MR) is 129 cm³/mol. The average Bonchev–Trinajstić information content (AvgIpc) is 3.05. The van der Waals surface area contributed by atoms with E-state index in [0.29, 0.717) is 0 Å². The lowest BCUT2D eigenvalue weighted by atomic mass is 9.84. The Bertz CT molecular complexity index is 1020. The van der Waals surface area contributed by atoms with Crippen molar-refractivity contribution in [2.24, 2.45) is 5.92 Å². The van der Waals surface area contributed by atoms with Crippen molar-refractivity contribution < 1.29 is 9.18 Å². The molecule has 4 nitrogen and oxygen atoms in total. The largest absolute Gasteiger partial charge is 0.350 e. The summed E-state index contributed by atoms with van der Waals surface area (Å²) in [6.45, 7) is 3.28. The first kappa shape index (κ1) is 23.2. The van der Waals surface area contributed by atoms with Gasteiger partial charge in [-0.3, -0.25) is 4.79 Å². The van der Waals surface area contributed by atoms with Gasteiger partial charge in [0.25, 0.3) is 0 Å². The number of fused-ring (bicyclic) bond motifs is 1. The Labute approximate surface area is 196 Å². The first-order chi connectivity index (χ1) is 16.1. The summed E-state index contributed by atoms with van der Waals surface area (Å²) in [6.07, 6.45) is 10.9. The van der Waals surface area contributed by atoms with Gasteiger partial charge in [-0.2, -0.15) is 5.26 Å². The second-order valence-electron chi connectivity index (χ2n) is 9.34. The van der Waals surface area contributed by atoms with Crippen LogP contribution in [0.4, 0.5) is 4.39 Å². The molecule has 0 spiro atoms. The van der Waals surface area contributed by atoms with E-state index in [1.165, 1.54) is 35.8 Å². The SMILES string of the molecule is N#Cc1ccc2c(c1)CCN(CCC1CCC(NC(=O)/C=C/c3ccc(F)cc3)CC1)CC2. The highest BCUT2D eigenvalue weighted by molar-refractivity contribution is 5.91. The van der Waals surface area contributed by atoms with Gasteiger partial charge in [-0.15, -0.1) is 0 Å². The van der Waals surface area contributed by atoms with Crippen molar-refractivity contribution in [1.29, 1.82) is 5.26 Å². The number of hydrogen-bond donors (Lipinski definition) is 1. The fraction of sp³-hybridized carbons (Fsp3) is 0.429. The number of amides is 1. The maximum absolute atomic E-state index is 13.0. The molecule has 2 aliphatic rings. The van der Waals surface area contributed by atoms with Crippen LogP contribution in [0.2, 0.25) is 0 Å². The van der Waals surface area contributed by atoms with Crippen LogP contribution in [0.15, 0.2) is 48.5 Å². The van der Waals surface area contributed by atoms with Crippen LogP contribution in [0.5, 0.6) is 0 Å². The van der Waals surface area contributed by atoms with E-state index in [2.05, 4.69) is 28.4 Å². The number of nitrogens with one attached hydrogen (secondary N) is 1. The van der Waals surface area contributed by atoms with Crippen LogP contribution in [0.1, 0.15) is 54.4 Å². The summed E-state index contributed by atoms with van der Waals surface area (Å²) in [5.74, 6) is 0.374. The Hall–Kier alpha value is -2.97. The van der Waals surface area contributed by atoms with Gasteiger partial charge in [-0.05, 0) is 104 Å². The number of benzene rings is 2. The molecule has 4 rings (SSSR count). The molecule has 1 fully saturated rings. The number of carbonyl (C=O) groups is 1. The normalized spacial score (nSPS) is 21.2. The molecule has 2 aromatic carbocycles. The monoisotopic (exact) mass is 445 g/mol. The first-order valence-corrected chi connectivity index (χ1v) is 12.1. The molecule has 0 unspecified atom stereocenters. The molecule has 0 bridgehead atoms. The number of halogens is 1. The summed E-state index contributed by atoms with van der Waals surface area (Å²) < 4.78 is 13.0. The van der Waals surface area contributed by atoms with E-state index >= 15 is 0 Å². The number of hydrogen-bond acceptors (Lipinski definition) is 3. The smallest absolute Gasteiger partial charge is 0.244 e. The zero-order valence-electron chi connectivity index (χ0n) is 19.1. The number of rotatable bonds is 6. The Kier molecular flexibility index (Phi) is 7.91. The molecule has 172 valence electrons. The van der Waals surface area contributed by atoms with Crippen LogP contribution in [-0.4, -0.2) is 36.5 Å². The number of nitrogens with zero attached hydrogens (tertiary/aromatic N) is 2. The van der Waals surface area contributed by atoms with Crippen molar-refractivity contribution in [3.8, 4) is 6.07 Å². The molecule has 1 amide bonds. The van der Waals surface area contributed by atoms with Gasteiger partial charge in [0, 0.05) is 25.2 Å². The lowest BCUT2D eigenvalue weighted by Crippen LogP contribution is -2.37. The molecule has 1 N–H and O–H groups in total. The topological polar surface area (TPSA) is 56.1 Å². The summed E-state index contributed by atoms with van der Waals surface area (Å²) in [6, 6.07) is 14.7. The van der Waals surface area contributed by atoms with Gasteiger partial charge >= 0.3 is 0 Å². The Morgan fingerprint density at radius 1 is 1.06 bits per heavy atom. The Morgan fingerprint density at radius 3 is 2.52 bits per heavy atom. The van der Waals surface area contributed by atoms with Crippen LogP contribution >= 0.6 is 0 Å². The maximum atomic E-state index is 13.0. The van der Waals surface area contributed by atoms with E-state index in [9.17, 15) is 9.18 Å². The molecule has 5 heteroatoms. The summed E-state index contributed by atoms with van der Waals surface area (Å²) in [7, 11) is 0. The highest BCUT2D eigenvalue weighted by Gasteiger charge is 2.23. The van der Waals surface area contributed by atoms with E-state index in [1.54, 1.807) is 18.2 Å². The molecule has 0 radical (unpaired) electrons. The zero-order chi connectivity index (χ0) is 23.0. The average molecular weight is 446 g/mol. The van der Waals surface area contributed by atoms with Crippen molar-refractivity contribution in [2.45, 2.75) is 51.0 Å². The second kappa shape index (κ2) is 11.2. The second-order valence-corrected chi connectivity index (χ2v) is 9.34. The van der Waals surface area contributed by atoms with Crippen LogP contribution < -0.4 is 5.32 Å². The van der Waals surface area contributed by atoms with E-state index in [-0.39, 0.29) is 17.8 Å². The maximum Gasteiger partial charge on any atom is 0.244 e. The first-order valence-electron chi connectivity index (χ1n) is 12.1. The van der Waals surface area contributed by atoms with Crippen molar-refractivity contribution in [3.05, 3.63) is 76.6 Å². The van der Waals surface area contributed by atoms with Gasteiger partial charge < -0.3 is 10.2 Å². The minimum Gasteiger partial charge on any atom is -0.350 e. The van der Waals surface area contributed by atoms with Gasteiger partial charge in [-0.25, -0.2) is 4.39 Å². The van der Waals surface area contributed by atoms with E-state index in [4.69, 9.17) is 5.26 Å². The molecular weight excluding hydrogens is 413 g/mol. The number of nitriles is 1. The third-order valence-electron chi connectivity index (χ3n) is 7.07. The molecule has 1 saturated carbocycles. The van der Waals surface area contributed by atoms with Crippen molar-refractivity contribution in [3.63, 3.8) is 0 Å². The summed E-state index contributed by atoms with van der Waals surface area (Å²) >= 11 is 0. The molecular formula is C28H32FN3O. The van der Waals surface area contributed by atoms with Crippen molar-refractivity contribution in [1.82, 2.24) is 10.2 Å². The fourth-order valence-corrected chi connectivity index (χ4v) is 5.02. The Balaban J connectivity index is 1.16. The van der Waals surface area contributed by atoms with Gasteiger partial charge in [0.2, 0.25) is 5.91 Å². The van der Waals surface area contributed by atoms with Crippen molar-refractivity contribution in [2.75, 3.05) is 19.6 Å². The molecule has 0 aromatic heterocycles. The molecule has 0 saturated heterocycles. The van der Waals surface area contributed by atoms with Gasteiger partial charge in [0.1, 0.15) is 5.82 Å². The molecule has 2 aromatic rings. The van der Waals surface area contributed by atoms with Gasteiger partial charge in [0.05, 0.1) is 11.6 Å². The zero-order valence-corrected chi connectivity index (χ0v) is 19.1. The summed E-state index contributed by atoms with van der Waals surface area (Å²) in [5, 5.41) is 12.3. The van der Waals surface area contributed by atoms with Crippen LogP contribution in [0.25, 0.3) is 6.08 Å². The van der Waals surface area contributed by atoms with E-state index < -0.39 is 0 Å². The van der Waals surface area contributed by atoms with Crippen LogP contribution in [-0.2, 0) is 17.6 Å². The van der Waals surface area contributed by atoms with Gasteiger partial charge in [-0.1, -0.05) is 18.2 Å². The lowest BCUT2D eigenvalue weighted by Gasteiger charge is -2.30. The summed E-state index contributed by atoms with van der Waals surface area (Å²) in [4.78, 5) is 14.8. The Morgan fingerprint density at radius 2 is 1.79 bits per heavy atom. The number of carbonyl (C=O) groups excluding carboxylic acids is 1. The minimum absolute atomic E-state index is 0.0773. The van der Waals surface area contributed by atoms with E-state index in [0.717, 1.165) is 75.2 Å². The van der Waals surface area contributed by atoms with Gasteiger partial charge in [0.15, 0.2) is 0 Å². The lowest BCUT2D eigenvalue weighted by molar-refractivity contribution is -0.117. The van der Waals surface area contributed by atoms with Crippen molar-refractivity contribution >= 4 is 12.0 Å². The highest BCUT2D eigenvalue weighted by Crippen LogP contribution is 2.27. The van der Waals surface area contributed by atoms with Crippen LogP contribution in [0.3, 0.4) is 0 Å². The molecule has 0 atom stereocenters. The fourth-order valence-electron chi connectivity index (χ4n) is 5.02. The third kappa shape index (κ3) is 6.76. The predicted octanol–water partition coefficient (Wildman–Crippen LogP) is 4.88. The quantitative estimate of drug-likeness (QED) is 0.645. The minimum atomic E-state index is -0.275. The molecule has 33 heavy (non-hydrogen) atoms. The molecule has 1 heterocycles. The summed E-state index contributed by atoms with van der Waals surface area (Å²) in [5.41, 5.74) is 4.30. The highest BCUT2D eigenvalue weighted by atomic mass is 19.1. The van der Waals surface area contributed by atoms with Crippen LogP contribution in [0, 0.1) is 23.1 Å².